The van der Waals surface area contributed by atoms with Gasteiger partial charge in [-0.3, -0.25) is 0 Å². The SMILES string of the molecule is Cc1cc(F)ccc1S(=O)(=O)N(C)Cc1ccc(Br)s1. The van der Waals surface area contributed by atoms with Crippen molar-refractivity contribution in [1.82, 2.24) is 4.31 Å². The van der Waals surface area contributed by atoms with Gasteiger partial charge in [0.1, 0.15) is 5.82 Å². The molecule has 0 radical (unpaired) electrons. The summed E-state index contributed by atoms with van der Waals surface area (Å²) in [6.07, 6.45) is 0. The summed E-state index contributed by atoms with van der Waals surface area (Å²) in [5.74, 6) is -0.439. The lowest BCUT2D eigenvalue weighted by Crippen LogP contribution is -2.26. The number of sulfonamides is 1. The van der Waals surface area contributed by atoms with Gasteiger partial charge in [-0.25, -0.2) is 12.8 Å². The molecule has 108 valence electrons. The lowest BCUT2D eigenvalue weighted by atomic mass is 10.2. The van der Waals surface area contributed by atoms with E-state index in [0.29, 0.717) is 5.56 Å². The zero-order valence-electron chi connectivity index (χ0n) is 10.9. The predicted octanol–water partition coefficient (Wildman–Crippen LogP) is 3.78. The summed E-state index contributed by atoms with van der Waals surface area (Å²) in [6.45, 7) is 1.88. The van der Waals surface area contributed by atoms with Crippen LogP contribution < -0.4 is 0 Å². The molecule has 0 atom stereocenters. The number of nitrogens with zero attached hydrogens (tertiary/aromatic N) is 1. The van der Waals surface area contributed by atoms with Crippen molar-refractivity contribution < 1.29 is 12.8 Å². The van der Waals surface area contributed by atoms with Gasteiger partial charge < -0.3 is 0 Å². The number of rotatable bonds is 4. The number of halogens is 2. The Hall–Kier alpha value is -0.760. The number of hydrogen-bond acceptors (Lipinski definition) is 3. The standard InChI is InChI=1S/C13H13BrFNO2S2/c1-9-7-10(15)3-5-12(9)20(17,18)16(2)8-11-4-6-13(14)19-11/h3-7H,8H2,1-2H3. The molecule has 0 saturated heterocycles. The topological polar surface area (TPSA) is 37.4 Å². The molecule has 0 fully saturated rings. The maximum atomic E-state index is 13.1. The van der Waals surface area contributed by atoms with Gasteiger partial charge in [0.05, 0.1) is 8.68 Å². The van der Waals surface area contributed by atoms with Gasteiger partial charge in [-0.2, -0.15) is 4.31 Å². The Labute approximate surface area is 130 Å². The molecule has 0 aliphatic rings. The highest BCUT2D eigenvalue weighted by molar-refractivity contribution is 9.11. The first kappa shape index (κ1) is 15.6. The lowest BCUT2D eigenvalue weighted by molar-refractivity contribution is 0.469. The lowest BCUT2D eigenvalue weighted by Gasteiger charge is -2.17. The van der Waals surface area contributed by atoms with Gasteiger partial charge in [0.25, 0.3) is 0 Å². The molecule has 0 spiro atoms. The van der Waals surface area contributed by atoms with Gasteiger partial charge in [-0.1, -0.05) is 0 Å². The third-order valence-corrected chi connectivity index (χ3v) is 6.40. The van der Waals surface area contributed by atoms with Crippen LogP contribution >= 0.6 is 27.3 Å². The maximum absolute atomic E-state index is 13.1. The van der Waals surface area contributed by atoms with Crippen molar-refractivity contribution in [3.63, 3.8) is 0 Å². The number of hydrogen-bond donors (Lipinski definition) is 0. The Morgan fingerprint density at radius 1 is 1.30 bits per heavy atom. The summed E-state index contributed by atoms with van der Waals surface area (Å²) in [6, 6.07) is 7.45. The van der Waals surface area contributed by atoms with E-state index in [9.17, 15) is 12.8 Å². The normalized spacial score (nSPS) is 12.1. The van der Waals surface area contributed by atoms with Crippen molar-refractivity contribution >= 4 is 37.3 Å². The van der Waals surface area contributed by atoms with E-state index in [2.05, 4.69) is 15.9 Å². The number of aryl methyl sites for hydroxylation is 1. The first-order valence-corrected chi connectivity index (χ1v) is 8.82. The first-order valence-electron chi connectivity index (χ1n) is 5.77. The van der Waals surface area contributed by atoms with Crippen LogP contribution in [0, 0.1) is 12.7 Å². The summed E-state index contributed by atoms with van der Waals surface area (Å²) in [5, 5.41) is 0. The van der Waals surface area contributed by atoms with Gasteiger partial charge in [0.15, 0.2) is 0 Å². The van der Waals surface area contributed by atoms with Crippen molar-refractivity contribution in [2.45, 2.75) is 18.4 Å². The van der Waals surface area contributed by atoms with E-state index in [1.54, 1.807) is 6.92 Å². The fourth-order valence-corrected chi connectivity index (χ4v) is 4.78. The van der Waals surface area contributed by atoms with Crippen LogP contribution in [-0.4, -0.2) is 19.8 Å². The van der Waals surface area contributed by atoms with E-state index in [1.807, 2.05) is 12.1 Å². The van der Waals surface area contributed by atoms with Crippen LogP contribution in [0.5, 0.6) is 0 Å². The summed E-state index contributed by atoms with van der Waals surface area (Å²) >= 11 is 4.83. The Morgan fingerprint density at radius 3 is 2.55 bits per heavy atom. The largest absolute Gasteiger partial charge is 0.243 e. The number of benzene rings is 1. The molecule has 0 N–H and O–H groups in total. The fourth-order valence-electron chi connectivity index (χ4n) is 1.81. The van der Waals surface area contributed by atoms with Crippen LogP contribution in [0.1, 0.15) is 10.4 Å². The maximum Gasteiger partial charge on any atom is 0.243 e. The Balaban J connectivity index is 2.29. The molecule has 3 nitrogen and oxygen atoms in total. The summed E-state index contributed by atoms with van der Waals surface area (Å²) in [5.41, 5.74) is 0.407. The Kier molecular flexibility index (Phi) is 4.63. The summed E-state index contributed by atoms with van der Waals surface area (Å²) < 4.78 is 40.2. The van der Waals surface area contributed by atoms with Gasteiger partial charge in [0.2, 0.25) is 10.0 Å². The van der Waals surface area contributed by atoms with Crippen molar-refractivity contribution in [1.29, 1.82) is 0 Å². The van der Waals surface area contributed by atoms with E-state index in [4.69, 9.17) is 0 Å². The van der Waals surface area contributed by atoms with Crippen molar-refractivity contribution in [2.75, 3.05) is 7.05 Å². The molecule has 1 aromatic carbocycles. The molecular formula is C13H13BrFNO2S2. The Bertz CT molecular complexity index is 728. The minimum absolute atomic E-state index is 0.136. The molecule has 0 aliphatic carbocycles. The van der Waals surface area contributed by atoms with E-state index in [0.717, 1.165) is 14.7 Å². The van der Waals surface area contributed by atoms with Crippen molar-refractivity contribution in [2.24, 2.45) is 0 Å². The Morgan fingerprint density at radius 2 is 2.00 bits per heavy atom. The zero-order chi connectivity index (χ0) is 14.9. The van der Waals surface area contributed by atoms with Crippen molar-refractivity contribution in [3.8, 4) is 0 Å². The number of thiophene rings is 1. The fraction of sp³-hybridized carbons (Fsp3) is 0.231. The monoisotopic (exact) mass is 377 g/mol. The van der Waals surface area contributed by atoms with Crippen molar-refractivity contribution in [3.05, 3.63) is 50.4 Å². The highest BCUT2D eigenvalue weighted by Gasteiger charge is 2.23. The highest BCUT2D eigenvalue weighted by atomic mass is 79.9. The van der Waals surface area contributed by atoms with E-state index >= 15 is 0 Å². The molecule has 0 unspecified atom stereocenters. The molecule has 0 saturated carbocycles. The van der Waals surface area contributed by atoms with E-state index in [1.165, 1.54) is 34.8 Å². The summed E-state index contributed by atoms with van der Waals surface area (Å²) in [7, 11) is -2.10. The van der Waals surface area contributed by atoms with Gasteiger partial charge >= 0.3 is 0 Å². The van der Waals surface area contributed by atoms with Crippen LogP contribution in [0.25, 0.3) is 0 Å². The second-order valence-electron chi connectivity index (χ2n) is 4.38. The predicted molar refractivity (Wildman–Crippen MR) is 81.8 cm³/mol. The molecule has 0 bridgehead atoms. The van der Waals surface area contributed by atoms with Crippen LogP contribution in [0.3, 0.4) is 0 Å². The summed E-state index contributed by atoms with van der Waals surface area (Å²) in [4.78, 5) is 1.07. The molecule has 7 heteroatoms. The molecule has 2 aromatic rings. The minimum Gasteiger partial charge on any atom is -0.207 e. The first-order chi connectivity index (χ1) is 9.30. The molecule has 0 amide bonds. The van der Waals surface area contributed by atoms with Crippen LogP contribution in [0.2, 0.25) is 0 Å². The molecule has 1 heterocycles. The third-order valence-electron chi connectivity index (χ3n) is 2.83. The molecule has 0 aliphatic heterocycles. The van der Waals surface area contributed by atoms with E-state index in [-0.39, 0.29) is 11.4 Å². The third kappa shape index (κ3) is 3.28. The smallest absolute Gasteiger partial charge is 0.207 e. The van der Waals surface area contributed by atoms with Gasteiger partial charge in [-0.05, 0) is 58.7 Å². The zero-order valence-corrected chi connectivity index (χ0v) is 14.1. The average Bonchev–Trinajstić information content (AvgIpc) is 2.74. The second-order valence-corrected chi connectivity index (χ2v) is 8.94. The molecular weight excluding hydrogens is 365 g/mol. The minimum atomic E-state index is -3.62. The van der Waals surface area contributed by atoms with Crippen LogP contribution in [0.4, 0.5) is 4.39 Å². The van der Waals surface area contributed by atoms with E-state index < -0.39 is 15.8 Å². The van der Waals surface area contributed by atoms with Crippen LogP contribution in [-0.2, 0) is 16.6 Å². The van der Waals surface area contributed by atoms with Crippen LogP contribution in [0.15, 0.2) is 39.0 Å². The average molecular weight is 378 g/mol. The molecule has 2 rings (SSSR count). The quantitative estimate of drug-likeness (QED) is 0.812. The molecule has 20 heavy (non-hydrogen) atoms. The second kappa shape index (κ2) is 5.93. The van der Waals surface area contributed by atoms with Gasteiger partial charge in [-0.15, -0.1) is 11.3 Å². The van der Waals surface area contributed by atoms with Gasteiger partial charge in [0, 0.05) is 18.5 Å². The highest BCUT2D eigenvalue weighted by Crippen LogP contribution is 2.26. The molecule has 1 aromatic heterocycles.